The number of amides is 1. The smallest absolute Gasteiger partial charge is 0.332 e. The van der Waals surface area contributed by atoms with Gasteiger partial charge < -0.3 is 4.90 Å². The van der Waals surface area contributed by atoms with E-state index in [0.717, 1.165) is 32.8 Å². The van der Waals surface area contributed by atoms with Crippen LogP contribution in [0.1, 0.15) is 77.3 Å². The molecule has 0 saturated carbocycles. The minimum Gasteiger partial charge on any atom is -0.332 e. The quantitative estimate of drug-likeness (QED) is 0.283. The van der Waals surface area contributed by atoms with Crippen LogP contribution < -0.4 is 0 Å². The Labute approximate surface area is 229 Å². The molecule has 0 spiro atoms. The highest BCUT2D eigenvalue weighted by Gasteiger charge is 2.31. The van der Waals surface area contributed by atoms with Crippen molar-refractivity contribution < 1.29 is 22.8 Å². The van der Waals surface area contributed by atoms with E-state index in [1.54, 1.807) is 30.5 Å². The third kappa shape index (κ3) is 6.41. The van der Waals surface area contributed by atoms with Crippen molar-refractivity contribution in [2.24, 2.45) is 0 Å². The van der Waals surface area contributed by atoms with E-state index in [-0.39, 0.29) is 17.1 Å². The normalized spacial score (nSPS) is 13.7. The second-order valence-corrected chi connectivity index (χ2v) is 11.5. The first kappa shape index (κ1) is 28.5. The van der Waals surface area contributed by atoms with Crippen molar-refractivity contribution >= 4 is 28.7 Å². The minimum absolute atomic E-state index is 0.0212. The van der Waals surface area contributed by atoms with Gasteiger partial charge in [-0.3, -0.25) is 18.7 Å². The molecule has 0 bridgehead atoms. The Morgan fingerprint density at radius 2 is 1.90 bits per heavy atom. The molecule has 11 heteroatoms. The number of imidazole rings is 1. The van der Waals surface area contributed by atoms with Crippen molar-refractivity contribution in [1.82, 2.24) is 24.1 Å². The highest BCUT2D eigenvalue weighted by atomic mass is 32.1. The monoisotopic (exact) mass is 559 g/mol. The number of carbonyl (C=O) groups is 2. The predicted molar refractivity (Wildman–Crippen MR) is 144 cm³/mol. The van der Waals surface area contributed by atoms with Crippen LogP contribution in [-0.2, 0) is 31.3 Å². The Bertz CT molecular complexity index is 1490. The summed E-state index contributed by atoms with van der Waals surface area (Å²) in [7, 11) is 0. The number of carbonyl (C=O) groups excluding carboxylic acids is 2. The number of rotatable bonds is 4. The zero-order valence-electron chi connectivity index (χ0n) is 22.7. The highest BCUT2D eigenvalue weighted by molar-refractivity contribution is 7.10. The number of pyridine rings is 1. The summed E-state index contributed by atoms with van der Waals surface area (Å²) in [4.78, 5) is 31.7. The Morgan fingerprint density at radius 1 is 1.15 bits per heavy atom. The first-order valence-electron chi connectivity index (χ1n) is 12.7. The number of alkyl halides is 3. The van der Waals surface area contributed by atoms with E-state index in [9.17, 15) is 22.8 Å². The number of halogens is 3. The van der Waals surface area contributed by atoms with Crippen LogP contribution in [0.15, 0.2) is 42.0 Å². The van der Waals surface area contributed by atoms with Gasteiger partial charge >= 0.3 is 6.18 Å². The van der Waals surface area contributed by atoms with Gasteiger partial charge in [-0.1, -0.05) is 33.8 Å². The molecule has 0 aromatic carbocycles. The lowest BCUT2D eigenvalue weighted by molar-refractivity contribution is -0.143. The number of thiophene rings is 1. The molecule has 0 N–H and O–H groups in total. The fourth-order valence-corrected chi connectivity index (χ4v) is 5.62. The summed E-state index contributed by atoms with van der Waals surface area (Å²) in [6.07, 6.45) is 0.549. The molecule has 4 aromatic heterocycles. The van der Waals surface area contributed by atoms with Gasteiger partial charge in [0.2, 0.25) is 0 Å². The van der Waals surface area contributed by atoms with Crippen LogP contribution in [0.5, 0.6) is 0 Å². The van der Waals surface area contributed by atoms with E-state index < -0.39 is 12.7 Å². The summed E-state index contributed by atoms with van der Waals surface area (Å²) in [5.74, 6) is 0.0798. The maximum Gasteiger partial charge on any atom is 0.408 e. The van der Waals surface area contributed by atoms with Crippen LogP contribution in [0.2, 0.25) is 0 Å². The standard InChI is InChI=1S/C17H15N3O2S.C11H17F3N2/c1-11(21)13-10-23-15-9-19(7-5-12(13)15)17(22)14-8-18-16-4-2-3-6-20(14)16;1-5-8-6-9(10(2,3)4)15-16(8)7-11(12,13)14/h2-4,6,8,10H,5,7,9H2,1H3;6H,5,7H2,1-4H3. The van der Waals surface area contributed by atoms with Crippen molar-refractivity contribution in [3.05, 3.63) is 75.1 Å². The maximum atomic E-state index is 12.8. The zero-order valence-corrected chi connectivity index (χ0v) is 23.5. The molecule has 0 aliphatic carbocycles. The molecule has 1 aliphatic rings. The Hall–Kier alpha value is -3.47. The number of ketones is 1. The Balaban J connectivity index is 0.000000195. The molecule has 0 fully saturated rings. The predicted octanol–water partition coefficient (Wildman–Crippen LogP) is 6.10. The third-order valence-electron chi connectivity index (χ3n) is 6.57. The summed E-state index contributed by atoms with van der Waals surface area (Å²) < 4.78 is 39.8. The molecule has 5 rings (SSSR count). The van der Waals surface area contributed by atoms with Crippen LogP contribution >= 0.6 is 11.3 Å². The average molecular weight is 560 g/mol. The second-order valence-electron chi connectivity index (χ2n) is 10.6. The average Bonchev–Trinajstić information content (AvgIpc) is 3.58. The molecule has 7 nitrogen and oxygen atoms in total. The summed E-state index contributed by atoms with van der Waals surface area (Å²) >= 11 is 1.57. The minimum atomic E-state index is -4.22. The number of nitrogens with zero attached hydrogens (tertiary/aromatic N) is 5. The van der Waals surface area contributed by atoms with E-state index in [0.29, 0.717) is 36.6 Å². The van der Waals surface area contributed by atoms with Gasteiger partial charge in [-0.25, -0.2) is 4.98 Å². The Morgan fingerprint density at radius 3 is 2.54 bits per heavy atom. The lowest BCUT2D eigenvalue weighted by atomic mass is 9.92. The van der Waals surface area contributed by atoms with Crippen molar-refractivity contribution in [2.75, 3.05) is 6.54 Å². The zero-order chi connectivity index (χ0) is 28.5. The molecule has 0 saturated heterocycles. The van der Waals surface area contributed by atoms with Gasteiger partial charge in [0, 0.05) is 39.7 Å². The molecule has 4 aromatic rings. The van der Waals surface area contributed by atoms with E-state index in [1.165, 1.54) is 0 Å². The van der Waals surface area contributed by atoms with Gasteiger partial charge in [-0.15, -0.1) is 11.3 Å². The molecule has 1 amide bonds. The summed E-state index contributed by atoms with van der Waals surface area (Å²) in [5, 5.41) is 5.95. The van der Waals surface area contributed by atoms with E-state index >= 15 is 0 Å². The fraction of sp³-hybridized carbons (Fsp3) is 0.429. The fourth-order valence-electron chi connectivity index (χ4n) is 4.46. The van der Waals surface area contributed by atoms with Gasteiger partial charge in [0.25, 0.3) is 5.91 Å². The summed E-state index contributed by atoms with van der Waals surface area (Å²) in [6.45, 7) is 9.42. The van der Waals surface area contributed by atoms with Crippen molar-refractivity contribution in [3.63, 3.8) is 0 Å². The van der Waals surface area contributed by atoms with E-state index in [4.69, 9.17) is 0 Å². The van der Waals surface area contributed by atoms with Crippen molar-refractivity contribution in [1.29, 1.82) is 0 Å². The lowest BCUT2D eigenvalue weighted by Gasteiger charge is -2.27. The number of fused-ring (bicyclic) bond motifs is 2. The number of aryl methyl sites for hydroxylation is 1. The third-order valence-corrected chi connectivity index (χ3v) is 7.59. The largest absolute Gasteiger partial charge is 0.408 e. The molecular formula is C28H32F3N5O2S. The van der Waals surface area contributed by atoms with Gasteiger partial charge in [0.05, 0.1) is 18.4 Å². The van der Waals surface area contributed by atoms with Crippen LogP contribution in [0.4, 0.5) is 13.2 Å². The first-order chi connectivity index (χ1) is 18.3. The molecule has 5 heterocycles. The summed E-state index contributed by atoms with van der Waals surface area (Å²) in [5.41, 5.74) is 4.38. The lowest BCUT2D eigenvalue weighted by Crippen LogP contribution is -2.36. The van der Waals surface area contributed by atoms with Gasteiger partial charge in [-0.05, 0) is 43.5 Å². The number of hydrogen-bond acceptors (Lipinski definition) is 5. The topological polar surface area (TPSA) is 72.5 Å². The molecule has 0 atom stereocenters. The molecule has 208 valence electrons. The molecule has 1 aliphatic heterocycles. The second kappa shape index (κ2) is 11.0. The van der Waals surface area contributed by atoms with Crippen LogP contribution in [0.25, 0.3) is 5.65 Å². The van der Waals surface area contributed by atoms with E-state index in [2.05, 4.69) is 10.1 Å². The first-order valence-corrected chi connectivity index (χ1v) is 13.6. The number of Topliss-reactive ketones (excluding diaryl/α,β-unsaturated/α-hetero) is 1. The highest BCUT2D eigenvalue weighted by Crippen LogP contribution is 2.30. The van der Waals surface area contributed by atoms with Crippen molar-refractivity contribution in [2.45, 2.75) is 72.1 Å². The molecule has 39 heavy (non-hydrogen) atoms. The molecule has 0 radical (unpaired) electrons. The van der Waals surface area contributed by atoms with Crippen LogP contribution in [0, 0.1) is 0 Å². The maximum absolute atomic E-state index is 12.8. The van der Waals surface area contributed by atoms with Crippen molar-refractivity contribution in [3.8, 4) is 0 Å². The van der Waals surface area contributed by atoms with E-state index in [1.807, 2.05) is 66.8 Å². The van der Waals surface area contributed by atoms with Gasteiger partial charge in [0.15, 0.2) is 5.78 Å². The number of hydrogen-bond donors (Lipinski definition) is 0. The SMILES string of the molecule is CC(=O)c1csc2c1CCN(C(=O)c1cnc3ccccn13)C2.CCc1cc(C(C)(C)C)nn1CC(F)(F)F. The summed E-state index contributed by atoms with van der Waals surface area (Å²) in [6, 6.07) is 7.42. The van der Waals surface area contributed by atoms with Crippen LogP contribution in [-0.4, -0.2) is 48.5 Å². The van der Waals surface area contributed by atoms with Gasteiger partial charge in [-0.2, -0.15) is 18.3 Å². The van der Waals surface area contributed by atoms with Gasteiger partial charge in [0.1, 0.15) is 17.9 Å². The molecular weight excluding hydrogens is 527 g/mol. The van der Waals surface area contributed by atoms with Crippen LogP contribution in [0.3, 0.4) is 0 Å². The number of aromatic nitrogens is 4. The molecule has 0 unspecified atom stereocenters. The Kier molecular flexibility index (Phi) is 8.02.